The molecule has 0 aliphatic heterocycles. The van der Waals surface area contributed by atoms with Crippen molar-refractivity contribution in [2.24, 2.45) is 0 Å². The van der Waals surface area contributed by atoms with Gasteiger partial charge in [0.2, 0.25) is 0 Å². The highest BCUT2D eigenvalue weighted by molar-refractivity contribution is 5.71. The lowest BCUT2D eigenvalue weighted by Gasteiger charge is -2.19. The van der Waals surface area contributed by atoms with Crippen molar-refractivity contribution in [3.8, 4) is 0 Å². The summed E-state index contributed by atoms with van der Waals surface area (Å²) in [5.74, 6) is -0.170. The molecule has 0 spiro atoms. The van der Waals surface area contributed by atoms with Crippen LogP contribution in [0.25, 0.3) is 0 Å². The van der Waals surface area contributed by atoms with Gasteiger partial charge < -0.3 is 9.30 Å². The van der Waals surface area contributed by atoms with Crippen molar-refractivity contribution < 1.29 is 9.53 Å². The van der Waals surface area contributed by atoms with E-state index in [1.54, 1.807) is 0 Å². The zero-order valence-corrected chi connectivity index (χ0v) is 10.8. The summed E-state index contributed by atoms with van der Waals surface area (Å²) in [6.07, 6.45) is 3.66. The number of imidazole rings is 1. The molecule has 17 heavy (non-hydrogen) atoms. The number of hydrogen-bond acceptors (Lipinski definition) is 4. The molecular formula is C12H21N3O2. The molecule has 0 atom stereocenters. The van der Waals surface area contributed by atoms with Crippen LogP contribution in [0.1, 0.15) is 26.5 Å². The van der Waals surface area contributed by atoms with Gasteiger partial charge in [-0.3, -0.25) is 9.69 Å². The predicted molar refractivity (Wildman–Crippen MR) is 65.5 cm³/mol. The minimum Gasteiger partial charge on any atom is -0.465 e. The van der Waals surface area contributed by atoms with E-state index in [1.807, 2.05) is 31.3 Å². The van der Waals surface area contributed by atoms with Gasteiger partial charge in [0.1, 0.15) is 0 Å². The molecule has 0 bridgehead atoms. The Balaban J connectivity index is 2.54. The summed E-state index contributed by atoms with van der Waals surface area (Å²) >= 11 is 0. The van der Waals surface area contributed by atoms with Crippen LogP contribution in [-0.4, -0.2) is 40.1 Å². The summed E-state index contributed by atoms with van der Waals surface area (Å²) in [4.78, 5) is 17.6. The molecule has 0 fully saturated rings. The maximum atomic E-state index is 11.4. The number of carbonyl (C=O) groups excluding carboxylic acids is 1. The fourth-order valence-corrected chi connectivity index (χ4v) is 1.66. The van der Waals surface area contributed by atoms with Crippen LogP contribution in [0.4, 0.5) is 0 Å². The number of rotatable bonds is 7. The van der Waals surface area contributed by atoms with Crippen LogP contribution in [0.3, 0.4) is 0 Å². The molecule has 5 nitrogen and oxygen atoms in total. The summed E-state index contributed by atoms with van der Waals surface area (Å²) in [5.41, 5.74) is 1.12. The second-order valence-electron chi connectivity index (χ2n) is 3.78. The molecule has 0 saturated heterocycles. The first-order valence-electron chi connectivity index (χ1n) is 6.08. The second-order valence-corrected chi connectivity index (χ2v) is 3.78. The highest BCUT2D eigenvalue weighted by Gasteiger charge is 2.12. The Kier molecular flexibility index (Phi) is 5.69. The maximum absolute atomic E-state index is 11.4. The maximum Gasteiger partial charge on any atom is 0.320 e. The smallest absolute Gasteiger partial charge is 0.320 e. The zero-order chi connectivity index (χ0) is 12.7. The van der Waals surface area contributed by atoms with Gasteiger partial charge in [0.25, 0.3) is 0 Å². The number of likely N-dealkylation sites (N-methyl/N-ethyl adjacent to an activating group) is 1. The average Bonchev–Trinajstić information content (AvgIpc) is 2.75. The van der Waals surface area contributed by atoms with Gasteiger partial charge in [-0.2, -0.15) is 0 Å². The molecular weight excluding hydrogens is 218 g/mol. The number of hydrogen-bond donors (Lipinski definition) is 0. The fraction of sp³-hybridized carbons (Fsp3) is 0.667. The molecule has 1 heterocycles. The molecule has 96 valence electrons. The van der Waals surface area contributed by atoms with Crippen LogP contribution in [-0.2, 0) is 22.6 Å². The molecule has 0 aliphatic rings. The Morgan fingerprint density at radius 1 is 1.47 bits per heavy atom. The lowest BCUT2D eigenvalue weighted by atomic mass is 10.3. The lowest BCUT2D eigenvalue weighted by molar-refractivity contribution is -0.144. The van der Waals surface area contributed by atoms with E-state index < -0.39 is 0 Å². The summed E-state index contributed by atoms with van der Waals surface area (Å²) in [6, 6.07) is 0. The van der Waals surface area contributed by atoms with Gasteiger partial charge >= 0.3 is 5.97 Å². The molecule has 0 N–H and O–H groups in total. The van der Waals surface area contributed by atoms with E-state index in [0.29, 0.717) is 13.2 Å². The van der Waals surface area contributed by atoms with Gasteiger partial charge in [-0.25, -0.2) is 4.98 Å². The van der Waals surface area contributed by atoms with Crippen LogP contribution in [0.5, 0.6) is 0 Å². The van der Waals surface area contributed by atoms with Crippen molar-refractivity contribution >= 4 is 5.97 Å². The molecule has 1 aromatic rings. The zero-order valence-electron chi connectivity index (χ0n) is 10.8. The highest BCUT2D eigenvalue weighted by atomic mass is 16.5. The molecule has 0 saturated carbocycles. The van der Waals surface area contributed by atoms with Crippen molar-refractivity contribution in [1.82, 2.24) is 14.5 Å². The second kappa shape index (κ2) is 7.06. The van der Waals surface area contributed by atoms with Gasteiger partial charge in [0, 0.05) is 19.3 Å². The van der Waals surface area contributed by atoms with Gasteiger partial charge in [0.05, 0.1) is 25.2 Å². The Bertz CT molecular complexity index is 349. The summed E-state index contributed by atoms with van der Waals surface area (Å²) in [5, 5.41) is 0. The van der Waals surface area contributed by atoms with Crippen LogP contribution in [0.15, 0.2) is 12.5 Å². The first-order chi connectivity index (χ1) is 8.21. The van der Waals surface area contributed by atoms with Gasteiger partial charge in [0.15, 0.2) is 0 Å². The number of esters is 1. The number of ether oxygens (including phenoxy) is 1. The quantitative estimate of drug-likeness (QED) is 0.673. The third kappa shape index (κ3) is 4.19. The Morgan fingerprint density at radius 3 is 2.82 bits per heavy atom. The van der Waals surface area contributed by atoms with Crippen molar-refractivity contribution in [3.05, 3.63) is 18.2 Å². The SMILES string of the molecule is CCOC(=O)CN(CC)Cc1cncn1CC. The minimum absolute atomic E-state index is 0.170. The Hall–Kier alpha value is -1.36. The molecule has 0 unspecified atom stereocenters. The number of aromatic nitrogens is 2. The molecule has 0 amide bonds. The monoisotopic (exact) mass is 239 g/mol. The molecule has 1 rings (SSSR count). The standard InChI is InChI=1S/C12H21N3O2/c1-4-14(9-12(16)17-6-3)8-11-7-13-10-15(11)5-2/h7,10H,4-6,8-9H2,1-3H3. The Morgan fingerprint density at radius 2 is 2.24 bits per heavy atom. The van der Waals surface area contributed by atoms with E-state index >= 15 is 0 Å². The van der Waals surface area contributed by atoms with Gasteiger partial charge in [-0.15, -0.1) is 0 Å². The highest BCUT2D eigenvalue weighted by Crippen LogP contribution is 2.04. The normalized spacial score (nSPS) is 10.8. The largest absolute Gasteiger partial charge is 0.465 e. The van der Waals surface area contributed by atoms with Crippen LogP contribution >= 0.6 is 0 Å². The van der Waals surface area contributed by atoms with Crippen LogP contribution in [0.2, 0.25) is 0 Å². The van der Waals surface area contributed by atoms with E-state index in [9.17, 15) is 4.79 Å². The first kappa shape index (κ1) is 13.7. The molecule has 0 radical (unpaired) electrons. The van der Waals surface area contributed by atoms with Crippen molar-refractivity contribution in [2.75, 3.05) is 19.7 Å². The van der Waals surface area contributed by atoms with Gasteiger partial charge in [-0.05, 0) is 20.4 Å². The molecule has 0 aliphatic carbocycles. The van der Waals surface area contributed by atoms with E-state index in [4.69, 9.17) is 4.74 Å². The lowest BCUT2D eigenvalue weighted by Crippen LogP contribution is -2.31. The summed E-state index contributed by atoms with van der Waals surface area (Å²) < 4.78 is 7.02. The molecule has 0 aromatic carbocycles. The van der Waals surface area contributed by atoms with E-state index in [1.165, 1.54) is 0 Å². The third-order valence-electron chi connectivity index (χ3n) is 2.63. The average molecular weight is 239 g/mol. The minimum atomic E-state index is -0.170. The first-order valence-corrected chi connectivity index (χ1v) is 6.08. The summed E-state index contributed by atoms with van der Waals surface area (Å²) in [6.45, 7) is 9.13. The van der Waals surface area contributed by atoms with Crippen LogP contribution in [0, 0.1) is 0 Å². The van der Waals surface area contributed by atoms with Crippen LogP contribution < -0.4 is 0 Å². The Labute approximate surface area is 102 Å². The predicted octanol–water partition coefficient (Wildman–Crippen LogP) is 1.29. The molecule has 5 heteroatoms. The van der Waals surface area contributed by atoms with E-state index in [-0.39, 0.29) is 5.97 Å². The fourth-order valence-electron chi connectivity index (χ4n) is 1.66. The van der Waals surface area contributed by atoms with Crippen molar-refractivity contribution in [1.29, 1.82) is 0 Å². The van der Waals surface area contributed by atoms with Gasteiger partial charge in [-0.1, -0.05) is 6.92 Å². The van der Waals surface area contributed by atoms with E-state index in [2.05, 4.69) is 16.5 Å². The summed E-state index contributed by atoms with van der Waals surface area (Å²) in [7, 11) is 0. The molecule has 1 aromatic heterocycles. The number of aryl methyl sites for hydroxylation is 1. The topological polar surface area (TPSA) is 47.4 Å². The van der Waals surface area contributed by atoms with Crippen molar-refractivity contribution in [2.45, 2.75) is 33.9 Å². The third-order valence-corrected chi connectivity index (χ3v) is 2.63. The van der Waals surface area contributed by atoms with Crippen molar-refractivity contribution in [3.63, 3.8) is 0 Å². The van der Waals surface area contributed by atoms with E-state index in [0.717, 1.165) is 25.3 Å². The number of nitrogens with zero attached hydrogens (tertiary/aromatic N) is 3. The number of carbonyl (C=O) groups is 1.